The van der Waals surface area contributed by atoms with Gasteiger partial charge in [0.2, 0.25) is 0 Å². The van der Waals surface area contributed by atoms with Crippen LogP contribution in [0.1, 0.15) is 38.5 Å². The monoisotopic (exact) mass is 584 g/mol. The summed E-state index contributed by atoms with van der Waals surface area (Å²) in [5.74, 6) is 2.50. The maximum atomic E-state index is 3.89. The van der Waals surface area contributed by atoms with Crippen LogP contribution in [0.25, 0.3) is 0 Å². The quantitative estimate of drug-likeness (QED) is 0.323. The summed E-state index contributed by atoms with van der Waals surface area (Å²) in [7, 11) is 0. The van der Waals surface area contributed by atoms with Gasteiger partial charge < -0.3 is 0 Å². The first-order valence-electron chi connectivity index (χ1n) is 7.15. The molecule has 6 atom stereocenters. The summed E-state index contributed by atoms with van der Waals surface area (Å²) in [5, 5.41) is 1.15. The predicted molar refractivity (Wildman–Crippen MR) is 103 cm³/mol. The molecule has 2 rings (SSSR count). The third kappa shape index (κ3) is 4.68. The minimum absolute atomic E-state index is 0.649. The van der Waals surface area contributed by atoms with Gasteiger partial charge in [0.05, 0.1) is 0 Å². The molecule has 0 bridgehead atoms. The third-order valence-corrected chi connectivity index (χ3v) is 10.7. The molecule has 0 aliphatic heterocycles. The number of halogens is 5. The van der Waals surface area contributed by atoms with Crippen LogP contribution in [0.15, 0.2) is 0 Å². The van der Waals surface area contributed by atoms with E-state index in [1.165, 1.54) is 38.5 Å². The maximum absolute atomic E-state index is 3.89. The van der Waals surface area contributed by atoms with Crippen LogP contribution in [0.3, 0.4) is 0 Å². The summed E-state index contributed by atoms with van der Waals surface area (Å²) in [5.41, 5.74) is 0. The molecule has 2 aliphatic carbocycles. The predicted octanol–water partition coefficient (Wildman–Crippen LogP) is 6.65. The molecule has 0 aromatic carbocycles. The van der Waals surface area contributed by atoms with E-state index in [0.717, 1.165) is 23.1 Å². The minimum Gasteiger partial charge on any atom is -0.0925 e. The van der Waals surface area contributed by atoms with Gasteiger partial charge in [0.15, 0.2) is 0 Å². The largest absolute Gasteiger partial charge is 0.0925 e. The first-order valence-corrected chi connectivity index (χ1v) is 11.9. The highest BCUT2D eigenvalue weighted by molar-refractivity contribution is 9.12. The van der Waals surface area contributed by atoms with Gasteiger partial charge in [0, 0.05) is 24.6 Å². The van der Waals surface area contributed by atoms with Gasteiger partial charge in [-0.3, -0.25) is 0 Å². The molecule has 0 saturated heterocycles. The summed E-state index contributed by atoms with van der Waals surface area (Å²) in [4.78, 5) is 2.74. The van der Waals surface area contributed by atoms with E-state index in [-0.39, 0.29) is 0 Å². The van der Waals surface area contributed by atoms with Crippen LogP contribution in [-0.4, -0.2) is 24.6 Å². The Morgan fingerprint density at radius 1 is 0.789 bits per heavy atom. The summed E-state index contributed by atoms with van der Waals surface area (Å²) < 4.78 is 0. The third-order valence-electron chi connectivity index (χ3n) is 4.82. The Hall–Kier alpha value is 2.40. The molecule has 0 spiro atoms. The maximum Gasteiger partial charge on any atom is 0.0273 e. The lowest BCUT2D eigenvalue weighted by atomic mass is 9.77. The van der Waals surface area contributed by atoms with Gasteiger partial charge >= 0.3 is 0 Å². The Labute approximate surface area is 159 Å². The van der Waals surface area contributed by atoms with Crippen molar-refractivity contribution in [3.8, 4) is 0 Å². The van der Waals surface area contributed by atoms with Crippen molar-refractivity contribution < 1.29 is 0 Å². The zero-order chi connectivity index (χ0) is 14.0. The van der Waals surface area contributed by atoms with E-state index in [4.69, 9.17) is 0 Å². The summed E-state index contributed by atoms with van der Waals surface area (Å²) >= 11 is 19.2. The molecule has 0 amide bonds. The highest BCUT2D eigenvalue weighted by atomic mass is 79.9. The van der Waals surface area contributed by atoms with Crippen molar-refractivity contribution in [2.45, 2.75) is 57.8 Å². The molecule has 6 unspecified atom stereocenters. The van der Waals surface area contributed by atoms with Crippen molar-refractivity contribution in [1.29, 1.82) is 0 Å². The van der Waals surface area contributed by atoms with E-state index in [9.17, 15) is 0 Å². The molecule has 2 fully saturated rings. The molecule has 2 saturated carbocycles. The minimum atomic E-state index is 0.649. The molecular weight excluding hydrogens is 568 g/mol. The second-order valence-corrected chi connectivity index (χ2v) is 11.4. The van der Waals surface area contributed by atoms with Crippen LogP contribution in [0.5, 0.6) is 0 Å². The second-order valence-electron chi connectivity index (χ2n) is 6.03. The van der Waals surface area contributed by atoms with E-state index in [0.29, 0.717) is 19.3 Å². The molecule has 112 valence electrons. The van der Waals surface area contributed by atoms with Crippen LogP contribution in [0.2, 0.25) is 0 Å². The number of hydrogen-bond acceptors (Lipinski definition) is 0. The van der Waals surface area contributed by atoms with Crippen molar-refractivity contribution in [1.82, 2.24) is 0 Å². The fraction of sp³-hybridized carbons (Fsp3) is 1.00. The van der Waals surface area contributed by atoms with Crippen LogP contribution >= 0.6 is 79.6 Å². The molecule has 5 heteroatoms. The Morgan fingerprint density at radius 2 is 1.37 bits per heavy atom. The lowest BCUT2D eigenvalue weighted by molar-refractivity contribution is 0.244. The fourth-order valence-electron chi connectivity index (χ4n) is 3.54. The topological polar surface area (TPSA) is 0 Å². The van der Waals surface area contributed by atoms with Crippen molar-refractivity contribution in [3.05, 3.63) is 0 Å². The molecular formula is C14H21Br5. The van der Waals surface area contributed by atoms with Gasteiger partial charge in [-0.25, -0.2) is 0 Å². The Morgan fingerprint density at radius 3 is 1.89 bits per heavy atom. The van der Waals surface area contributed by atoms with Crippen molar-refractivity contribution in [3.63, 3.8) is 0 Å². The highest BCUT2D eigenvalue weighted by Gasteiger charge is 2.38. The second kappa shape index (κ2) is 8.31. The van der Waals surface area contributed by atoms with E-state index in [2.05, 4.69) is 79.6 Å². The molecule has 2 aliphatic rings. The molecule has 0 heterocycles. The van der Waals surface area contributed by atoms with Gasteiger partial charge in [-0.2, -0.15) is 0 Å². The molecule has 19 heavy (non-hydrogen) atoms. The summed E-state index contributed by atoms with van der Waals surface area (Å²) in [6.07, 6.45) is 8.01. The van der Waals surface area contributed by atoms with Crippen molar-refractivity contribution in [2.75, 3.05) is 5.33 Å². The highest BCUT2D eigenvalue weighted by Crippen LogP contribution is 2.45. The molecule has 0 aromatic heterocycles. The lowest BCUT2D eigenvalue weighted by Crippen LogP contribution is -2.32. The van der Waals surface area contributed by atoms with E-state index < -0.39 is 0 Å². The Kier molecular flexibility index (Phi) is 7.76. The lowest BCUT2D eigenvalue weighted by Gasteiger charge is -2.36. The van der Waals surface area contributed by atoms with E-state index in [1.54, 1.807) is 0 Å². The van der Waals surface area contributed by atoms with Crippen LogP contribution < -0.4 is 0 Å². The zero-order valence-corrected chi connectivity index (χ0v) is 18.8. The first-order chi connectivity index (χ1) is 9.02. The number of rotatable bonds is 4. The standard InChI is InChI=1S/C14H21Br5/c15-7-9(5-10-11(16)3-4-12(10)17)8-1-2-13(18)14(19)6-8/h8-14H,1-7H2. The van der Waals surface area contributed by atoms with Crippen LogP contribution in [-0.2, 0) is 0 Å². The first kappa shape index (κ1) is 17.7. The smallest absolute Gasteiger partial charge is 0.0273 e. The van der Waals surface area contributed by atoms with Gasteiger partial charge in [0.25, 0.3) is 0 Å². The molecule has 0 radical (unpaired) electrons. The summed E-state index contributed by atoms with van der Waals surface area (Å²) in [6.45, 7) is 0. The SMILES string of the molecule is BrCC(CC1C(Br)CCC1Br)C1CCC(Br)C(Br)C1. The average Bonchev–Trinajstić information content (AvgIpc) is 2.70. The Balaban J connectivity index is 1.92. The van der Waals surface area contributed by atoms with E-state index >= 15 is 0 Å². The summed E-state index contributed by atoms with van der Waals surface area (Å²) in [6, 6.07) is 0. The van der Waals surface area contributed by atoms with E-state index in [1.807, 2.05) is 0 Å². The normalized spacial score (nSPS) is 45.3. The van der Waals surface area contributed by atoms with Gasteiger partial charge in [-0.05, 0) is 56.3 Å². The van der Waals surface area contributed by atoms with Gasteiger partial charge in [-0.1, -0.05) is 79.6 Å². The molecule has 0 aromatic rings. The van der Waals surface area contributed by atoms with Crippen LogP contribution in [0.4, 0.5) is 0 Å². The number of hydrogen-bond donors (Lipinski definition) is 0. The fourth-order valence-corrected chi connectivity index (χ4v) is 7.66. The van der Waals surface area contributed by atoms with Crippen molar-refractivity contribution in [2.24, 2.45) is 17.8 Å². The van der Waals surface area contributed by atoms with Crippen LogP contribution in [0, 0.1) is 17.8 Å². The molecule has 0 N–H and O–H groups in total. The molecule has 0 nitrogen and oxygen atoms in total. The van der Waals surface area contributed by atoms with Gasteiger partial charge in [-0.15, -0.1) is 0 Å². The van der Waals surface area contributed by atoms with Gasteiger partial charge in [0.1, 0.15) is 0 Å². The van der Waals surface area contributed by atoms with Crippen molar-refractivity contribution >= 4 is 79.6 Å². The zero-order valence-electron chi connectivity index (χ0n) is 10.9. The average molecular weight is 589 g/mol. The number of alkyl halides is 5. The Bertz CT molecular complexity index is 275.